The minimum Gasteiger partial charge on any atom is -0.495 e. The van der Waals surface area contributed by atoms with Gasteiger partial charge >= 0.3 is 0 Å². The summed E-state index contributed by atoms with van der Waals surface area (Å²) in [5.74, 6) is -2.18. The molecular formula is C32H37ClF3N4O3S2+. The lowest BCUT2D eigenvalue weighted by molar-refractivity contribution is -0.870. The number of imidazole rings is 1. The van der Waals surface area contributed by atoms with Crippen LogP contribution in [0.1, 0.15) is 37.1 Å². The van der Waals surface area contributed by atoms with E-state index >= 15 is 4.39 Å². The fourth-order valence-corrected chi connectivity index (χ4v) is 7.02. The second kappa shape index (κ2) is 13.8. The van der Waals surface area contributed by atoms with Gasteiger partial charge < -0.3 is 14.2 Å². The molecule has 4 rings (SSSR count). The van der Waals surface area contributed by atoms with E-state index in [-0.39, 0.29) is 12.3 Å². The fraction of sp³-hybridized carbons (Fsp3) is 0.344. The Kier molecular flexibility index (Phi) is 10.7. The zero-order valence-corrected chi connectivity index (χ0v) is 28.4. The first-order chi connectivity index (χ1) is 21.0. The second-order valence-electron chi connectivity index (χ2n) is 12.1. The molecule has 0 amide bonds. The molecule has 0 unspecified atom stereocenters. The highest BCUT2D eigenvalue weighted by Gasteiger charge is 2.31. The number of hydrogen-bond acceptors (Lipinski definition) is 5. The third kappa shape index (κ3) is 8.23. The Morgan fingerprint density at radius 3 is 2.38 bits per heavy atom. The lowest BCUT2D eigenvalue weighted by Gasteiger charge is -2.26. The van der Waals surface area contributed by atoms with Gasteiger partial charge in [-0.05, 0) is 54.1 Å². The summed E-state index contributed by atoms with van der Waals surface area (Å²) < 4.78 is 78.5. The maximum atomic E-state index is 15.6. The van der Waals surface area contributed by atoms with E-state index in [2.05, 4.69) is 9.71 Å². The van der Waals surface area contributed by atoms with Crippen LogP contribution >= 0.6 is 23.4 Å². The van der Waals surface area contributed by atoms with Crippen LogP contribution in [-0.2, 0) is 21.2 Å². The predicted octanol–water partition coefficient (Wildman–Crippen LogP) is 7.15. The Hall–Kier alpha value is -3.03. The highest BCUT2D eigenvalue weighted by atomic mass is 35.5. The van der Waals surface area contributed by atoms with Gasteiger partial charge in [0.1, 0.15) is 28.1 Å². The topological polar surface area (TPSA) is 84.1 Å². The SMILES string of the molecule is COc1cc(C(C)(C)c2[nH]c(SCc3c(F)ccc(S(=O)(=O)NCCC[N+](C)(C)C)c3F)nc2-c2ccc(F)cc2)ccc1Cl. The van der Waals surface area contributed by atoms with Gasteiger partial charge in [0.2, 0.25) is 10.0 Å². The van der Waals surface area contributed by atoms with E-state index < -0.39 is 43.3 Å². The number of ether oxygens (including phenoxy) is 1. The molecule has 0 aliphatic carbocycles. The summed E-state index contributed by atoms with van der Waals surface area (Å²) in [4.78, 5) is 7.41. The summed E-state index contributed by atoms with van der Waals surface area (Å²) in [5.41, 5.74) is 1.57. The molecule has 0 saturated carbocycles. The lowest BCUT2D eigenvalue weighted by atomic mass is 9.79. The van der Waals surface area contributed by atoms with E-state index in [0.717, 1.165) is 29.5 Å². The summed E-state index contributed by atoms with van der Waals surface area (Å²) >= 11 is 7.28. The molecular weight excluding hydrogens is 645 g/mol. The smallest absolute Gasteiger partial charge is 0.243 e. The molecule has 1 aromatic heterocycles. The highest BCUT2D eigenvalue weighted by molar-refractivity contribution is 7.98. The second-order valence-corrected chi connectivity index (χ2v) is 15.2. The molecule has 0 spiro atoms. The van der Waals surface area contributed by atoms with Crippen molar-refractivity contribution in [2.75, 3.05) is 41.3 Å². The van der Waals surface area contributed by atoms with Crippen LogP contribution in [0.3, 0.4) is 0 Å². The van der Waals surface area contributed by atoms with Gasteiger partial charge in [0.15, 0.2) is 5.16 Å². The Balaban J connectivity index is 1.66. The summed E-state index contributed by atoms with van der Waals surface area (Å²) in [7, 11) is 3.26. The molecule has 0 saturated heterocycles. The zero-order valence-electron chi connectivity index (χ0n) is 26.0. The van der Waals surface area contributed by atoms with E-state index in [1.54, 1.807) is 18.2 Å². The number of hydrogen-bond donors (Lipinski definition) is 2. The zero-order chi connectivity index (χ0) is 33.2. The van der Waals surface area contributed by atoms with Crippen molar-refractivity contribution >= 4 is 33.4 Å². The van der Waals surface area contributed by atoms with E-state index in [1.165, 1.54) is 19.2 Å². The van der Waals surface area contributed by atoms with Crippen molar-refractivity contribution in [1.29, 1.82) is 0 Å². The Morgan fingerprint density at radius 2 is 1.73 bits per heavy atom. The van der Waals surface area contributed by atoms with E-state index in [9.17, 15) is 17.2 Å². The minimum atomic E-state index is -4.21. The van der Waals surface area contributed by atoms with Gasteiger partial charge in [-0.1, -0.05) is 43.3 Å². The first kappa shape index (κ1) is 34.8. The third-order valence-corrected chi connectivity index (χ3v) is 10.1. The van der Waals surface area contributed by atoms with Gasteiger partial charge in [-0.2, -0.15) is 0 Å². The third-order valence-electron chi connectivity index (χ3n) is 7.39. The summed E-state index contributed by atoms with van der Waals surface area (Å²) in [6.45, 7) is 4.76. The van der Waals surface area contributed by atoms with Crippen LogP contribution < -0.4 is 9.46 Å². The van der Waals surface area contributed by atoms with Crippen molar-refractivity contribution in [3.8, 4) is 17.0 Å². The van der Waals surface area contributed by atoms with Crippen LogP contribution in [0, 0.1) is 17.5 Å². The van der Waals surface area contributed by atoms with Gasteiger partial charge in [0, 0.05) is 35.3 Å². The molecule has 0 radical (unpaired) electrons. The summed E-state index contributed by atoms with van der Waals surface area (Å²) in [6.07, 6.45) is 0.546. The Morgan fingerprint density at radius 1 is 1.04 bits per heavy atom. The van der Waals surface area contributed by atoms with Crippen LogP contribution in [0.2, 0.25) is 5.02 Å². The Bertz CT molecular complexity index is 1770. The number of aromatic amines is 1. The number of sulfonamides is 1. The quantitative estimate of drug-likeness (QED) is 0.0890. The van der Waals surface area contributed by atoms with Crippen molar-refractivity contribution in [3.63, 3.8) is 0 Å². The van der Waals surface area contributed by atoms with Crippen LogP contribution in [0.5, 0.6) is 5.75 Å². The number of halogens is 4. The number of quaternary nitrogens is 1. The van der Waals surface area contributed by atoms with Gasteiger partial charge in [-0.3, -0.25) is 0 Å². The standard InChI is InChI=1S/C32H37ClF3N4O3S2/c1-32(2,21-10-13-24(33)26(18-21)43-6)30-29(20-8-11-22(34)12-9-20)38-31(39-30)44-19-23-25(35)14-15-27(28(23)36)45(41,42)37-16-7-17-40(3,4)5/h8-15,18,37H,7,16-17,19H2,1-6H3,(H,38,39)/q+1. The lowest BCUT2D eigenvalue weighted by Crippen LogP contribution is -2.37. The van der Waals surface area contributed by atoms with E-state index in [4.69, 9.17) is 21.3 Å². The number of H-pyrrole nitrogens is 1. The molecule has 13 heteroatoms. The molecule has 0 atom stereocenters. The molecule has 3 aromatic carbocycles. The fourth-order valence-electron chi connectivity index (χ4n) is 4.78. The number of nitrogens with one attached hydrogen (secondary N) is 2. The minimum absolute atomic E-state index is 0.120. The van der Waals surface area contributed by atoms with Gasteiger partial charge in [-0.25, -0.2) is 31.3 Å². The molecule has 45 heavy (non-hydrogen) atoms. The van der Waals surface area contributed by atoms with E-state index in [1.807, 2.05) is 47.1 Å². The monoisotopic (exact) mass is 681 g/mol. The number of benzene rings is 3. The van der Waals surface area contributed by atoms with Crippen molar-refractivity contribution < 1.29 is 30.8 Å². The summed E-state index contributed by atoms with van der Waals surface area (Å²) in [6, 6.07) is 13.1. The first-order valence-corrected chi connectivity index (χ1v) is 17.0. The molecule has 4 aromatic rings. The first-order valence-electron chi connectivity index (χ1n) is 14.1. The van der Waals surface area contributed by atoms with E-state index in [0.29, 0.717) is 50.3 Å². The van der Waals surface area contributed by atoms with Crippen molar-refractivity contribution in [2.24, 2.45) is 0 Å². The number of aromatic nitrogens is 2. The van der Waals surface area contributed by atoms with Crippen LogP contribution in [-0.4, -0.2) is 64.2 Å². The summed E-state index contributed by atoms with van der Waals surface area (Å²) in [5, 5.41) is 0.785. The largest absolute Gasteiger partial charge is 0.495 e. The molecule has 0 aliphatic rings. The molecule has 1 heterocycles. The molecule has 242 valence electrons. The molecule has 2 N–H and O–H groups in total. The number of rotatable bonds is 13. The van der Waals surface area contributed by atoms with Crippen LogP contribution in [0.15, 0.2) is 64.6 Å². The normalized spacial score (nSPS) is 12.5. The average Bonchev–Trinajstić information content (AvgIpc) is 3.40. The predicted molar refractivity (Wildman–Crippen MR) is 173 cm³/mol. The van der Waals surface area contributed by atoms with Crippen molar-refractivity contribution in [2.45, 2.75) is 41.5 Å². The van der Waals surface area contributed by atoms with Crippen molar-refractivity contribution in [1.82, 2.24) is 14.7 Å². The molecule has 0 aliphatic heterocycles. The van der Waals surface area contributed by atoms with Gasteiger partial charge in [0.05, 0.1) is 51.2 Å². The number of nitrogens with zero attached hydrogens (tertiary/aromatic N) is 2. The number of methoxy groups -OCH3 is 1. The Labute approximate surface area is 271 Å². The van der Waals surface area contributed by atoms with Crippen LogP contribution in [0.25, 0.3) is 11.3 Å². The molecule has 7 nitrogen and oxygen atoms in total. The maximum absolute atomic E-state index is 15.6. The van der Waals surface area contributed by atoms with Crippen LogP contribution in [0.4, 0.5) is 13.2 Å². The molecule has 0 fully saturated rings. The van der Waals surface area contributed by atoms with Crippen molar-refractivity contribution in [3.05, 3.63) is 93.9 Å². The molecule has 0 bridgehead atoms. The van der Waals surface area contributed by atoms with Gasteiger partial charge in [0.25, 0.3) is 0 Å². The number of thioether (sulfide) groups is 1. The average molecular weight is 682 g/mol. The highest BCUT2D eigenvalue weighted by Crippen LogP contribution is 2.41. The van der Waals surface area contributed by atoms with Gasteiger partial charge in [-0.15, -0.1) is 0 Å². The maximum Gasteiger partial charge on any atom is 0.243 e.